The Kier molecular flexibility index (Phi) is 4.32. The molecule has 102 valence electrons. The monoisotopic (exact) mass is 259 g/mol. The van der Waals surface area contributed by atoms with Crippen molar-refractivity contribution in [3.63, 3.8) is 0 Å². The summed E-state index contributed by atoms with van der Waals surface area (Å²) in [4.78, 5) is 4.45. The zero-order valence-electron chi connectivity index (χ0n) is 12.0. The second kappa shape index (κ2) is 5.97. The molecule has 2 rings (SSSR count). The summed E-state index contributed by atoms with van der Waals surface area (Å²) in [5.41, 5.74) is 3.76. The van der Waals surface area contributed by atoms with E-state index in [2.05, 4.69) is 54.4 Å². The molecule has 1 atom stereocenters. The van der Waals surface area contributed by atoms with Gasteiger partial charge in [0.05, 0.1) is 6.42 Å². The summed E-state index contributed by atoms with van der Waals surface area (Å²) in [6.07, 6.45) is 1.49. The van der Waals surface area contributed by atoms with Gasteiger partial charge < -0.3 is 9.84 Å². The minimum atomic E-state index is 0.353. The van der Waals surface area contributed by atoms with Crippen molar-refractivity contribution in [3.05, 3.63) is 46.6 Å². The highest BCUT2D eigenvalue weighted by molar-refractivity contribution is 5.32. The van der Waals surface area contributed by atoms with Crippen molar-refractivity contribution >= 4 is 0 Å². The molecule has 0 aliphatic rings. The molecule has 1 aromatic carbocycles. The average Bonchev–Trinajstić information content (AvgIpc) is 2.81. The molecule has 2 aromatic rings. The quantitative estimate of drug-likeness (QED) is 0.896. The molecule has 0 bridgehead atoms. The van der Waals surface area contributed by atoms with E-state index in [-0.39, 0.29) is 0 Å². The number of rotatable bonds is 5. The number of hydrogen-bond donors (Lipinski definition) is 1. The van der Waals surface area contributed by atoms with Gasteiger partial charge in [-0.15, -0.1) is 0 Å². The predicted octanol–water partition coefficient (Wildman–Crippen LogP) is 2.43. The van der Waals surface area contributed by atoms with E-state index in [1.807, 2.05) is 7.05 Å². The van der Waals surface area contributed by atoms with E-state index in [0.717, 1.165) is 12.2 Å². The molecular formula is C15H21N3O. The van der Waals surface area contributed by atoms with Crippen LogP contribution >= 0.6 is 0 Å². The summed E-state index contributed by atoms with van der Waals surface area (Å²) in [6, 6.07) is 6.78. The van der Waals surface area contributed by atoms with Crippen LogP contribution in [-0.2, 0) is 12.8 Å². The number of hydrogen-bond acceptors (Lipinski definition) is 4. The third kappa shape index (κ3) is 3.64. The van der Waals surface area contributed by atoms with Crippen LogP contribution in [0.15, 0.2) is 22.7 Å². The second-order valence-electron chi connectivity index (χ2n) is 5.10. The van der Waals surface area contributed by atoms with Crippen molar-refractivity contribution in [2.45, 2.75) is 39.7 Å². The predicted molar refractivity (Wildman–Crippen MR) is 75.2 cm³/mol. The summed E-state index contributed by atoms with van der Waals surface area (Å²) < 4.78 is 5.32. The number of benzene rings is 1. The normalized spacial score (nSPS) is 12.6. The van der Waals surface area contributed by atoms with Crippen molar-refractivity contribution in [2.75, 3.05) is 7.05 Å². The van der Waals surface area contributed by atoms with Crippen molar-refractivity contribution in [2.24, 2.45) is 0 Å². The maximum Gasteiger partial charge on any atom is 0.231 e. The van der Waals surface area contributed by atoms with Crippen LogP contribution in [0.2, 0.25) is 0 Å². The van der Waals surface area contributed by atoms with Crippen LogP contribution in [0.25, 0.3) is 0 Å². The summed E-state index contributed by atoms with van der Waals surface area (Å²) in [6.45, 7) is 6.30. The van der Waals surface area contributed by atoms with E-state index in [1.165, 1.54) is 16.7 Å². The van der Waals surface area contributed by atoms with E-state index in [9.17, 15) is 0 Å². The van der Waals surface area contributed by atoms with Crippen LogP contribution in [0.1, 0.15) is 35.3 Å². The molecular weight excluding hydrogens is 238 g/mol. The fourth-order valence-corrected chi connectivity index (χ4v) is 1.97. The van der Waals surface area contributed by atoms with Gasteiger partial charge >= 0.3 is 0 Å². The van der Waals surface area contributed by atoms with Crippen LogP contribution < -0.4 is 5.32 Å². The number of nitrogens with one attached hydrogen (secondary N) is 1. The summed E-state index contributed by atoms with van der Waals surface area (Å²) in [5.74, 6) is 1.45. The van der Waals surface area contributed by atoms with E-state index < -0.39 is 0 Å². The van der Waals surface area contributed by atoms with Crippen LogP contribution in [0, 0.1) is 13.8 Å². The molecule has 0 radical (unpaired) electrons. The lowest BCUT2D eigenvalue weighted by Gasteiger charge is -2.05. The van der Waals surface area contributed by atoms with Gasteiger partial charge in [0.1, 0.15) is 0 Å². The number of aryl methyl sites for hydroxylation is 2. The van der Waals surface area contributed by atoms with Crippen LogP contribution in [0.3, 0.4) is 0 Å². The van der Waals surface area contributed by atoms with Gasteiger partial charge in [-0.3, -0.25) is 0 Å². The first-order valence-corrected chi connectivity index (χ1v) is 6.63. The SMILES string of the molecule is CNC(C)Cc1noc(Cc2cc(C)ccc2C)n1. The number of aromatic nitrogens is 2. The minimum absolute atomic E-state index is 0.353. The standard InChI is InChI=1S/C15H21N3O/c1-10-5-6-11(2)13(7-10)9-15-17-14(18-19-15)8-12(3)16-4/h5-7,12,16H,8-9H2,1-4H3. The molecule has 0 amide bonds. The van der Waals surface area contributed by atoms with Crippen molar-refractivity contribution in [1.29, 1.82) is 0 Å². The minimum Gasteiger partial charge on any atom is -0.339 e. The summed E-state index contributed by atoms with van der Waals surface area (Å²) >= 11 is 0. The van der Waals surface area contributed by atoms with Gasteiger partial charge in [-0.2, -0.15) is 4.98 Å². The lowest BCUT2D eigenvalue weighted by molar-refractivity contribution is 0.377. The van der Waals surface area contributed by atoms with E-state index in [4.69, 9.17) is 4.52 Å². The summed E-state index contributed by atoms with van der Waals surface area (Å²) in [5, 5.41) is 7.19. The molecule has 4 nitrogen and oxygen atoms in total. The Morgan fingerprint density at radius 3 is 2.84 bits per heavy atom. The molecule has 0 spiro atoms. The Bertz CT molecular complexity index is 548. The van der Waals surface area contributed by atoms with Crippen molar-refractivity contribution in [1.82, 2.24) is 15.5 Å². The van der Waals surface area contributed by atoms with E-state index in [1.54, 1.807) is 0 Å². The van der Waals surface area contributed by atoms with E-state index >= 15 is 0 Å². The van der Waals surface area contributed by atoms with Gasteiger partial charge in [-0.25, -0.2) is 0 Å². The third-order valence-electron chi connectivity index (χ3n) is 3.34. The molecule has 0 aliphatic heterocycles. The smallest absolute Gasteiger partial charge is 0.231 e. The van der Waals surface area contributed by atoms with Gasteiger partial charge in [0.15, 0.2) is 5.82 Å². The molecule has 1 aromatic heterocycles. The number of nitrogens with zero attached hydrogens (tertiary/aromatic N) is 2. The second-order valence-corrected chi connectivity index (χ2v) is 5.10. The Balaban J connectivity index is 2.09. The maximum atomic E-state index is 5.32. The topological polar surface area (TPSA) is 51.0 Å². The molecule has 0 saturated carbocycles. The van der Waals surface area contributed by atoms with Crippen molar-refractivity contribution in [3.8, 4) is 0 Å². The van der Waals surface area contributed by atoms with E-state index in [0.29, 0.717) is 18.4 Å². The first-order chi connectivity index (χ1) is 9.08. The molecule has 1 unspecified atom stereocenters. The Morgan fingerprint density at radius 1 is 1.32 bits per heavy atom. The van der Waals surface area contributed by atoms with Gasteiger partial charge in [-0.05, 0) is 38.9 Å². The Labute approximate surface area is 114 Å². The fourth-order valence-electron chi connectivity index (χ4n) is 1.97. The molecule has 4 heteroatoms. The Hall–Kier alpha value is -1.68. The van der Waals surface area contributed by atoms with Crippen LogP contribution in [-0.4, -0.2) is 23.2 Å². The van der Waals surface area contributed by atoms with Gasteiger partial charge in [0.25, 0.3) is 0 Å². The lowest BCUT2D eigenvalue weighted by atomic mass is 10.0. The maximum absolute atomic E-state index is 5.32. The zero-order valence-corrected chi connectivity index (χ0v) is 12.0. The lowest BCUT2D eigenvalue weighted by Crippen LogP contribution is -2.24. The molecule has 1 N–H and O–H groups in total. The van der Waals surface area contributed by atoms with Gasteiger partial charge in [0.2, 0.25) is 5.89 Å². The van der Waals surface area contributed by atoms with Crippen molar-refractivity contribution < 1.29 is 4.52 Å². The zero-order chi connectivity index (χ0) is 13.8. The highest BCUT2D eigenvalue weighted by Gasteiger charge is 2.11. The largest absolute Gasteiger partial charge is 0.339 e. The van der Waals surface area contributed by atoms with Gasteiger partial charge in [-0.1, -0.05) is 28.9 Å². The summed E-state index contributed by atoms with van der Waals surface area (Å²) in [7, 11) is 1.93. The molecule has 0 saturated heterocycles. The molecule has 19 heavy (non-hydrogen) atoms. The number of likely N-dealkylation sites (N-methyl/N-ethyl adjacent to an activating group) is 1. The van der Waals surface area contributed by atoms with Crippen LogP contribution in [0.4, 0.5) is 0 Å². The first kappa shape index (κ1) is 13.7. The molecule has 1 heterocycles. The average molecular weight is 259 g/mol. The first-order valence-electron chi connectivity index (χ1n) is 6.63. The highest BCUT2D eigenvalue weighted by Crippen LogP contribution is 2.15. The third-order valence-corrected chi connectivity index (χ3v) is 3.34. The van der Waals surface area contributed by atoms with Crippen LogP contribution in [0.5, 0.6) is 0 Å². The highest BCUT2D eigenvalue weighted by atomic mass is 16.5. The Morgan fingerprint density at radius 2 is 2.11 bits per heavy atom. The molecule has 0 aliphatic carbocycles. The molecule has 0 fully saturated rings. The fraction of sp³-hybridized carbons (Fsp3) is 0.467. The van der Waals surface area contributed by atoms with Gasteiger partial charge in [0, 0.05) is 12.5 Å².